The first-order valence-corrected chi connectivity index (χ1v) is 9.08. The van der Waals surface area contributed by atoms with Crippen LogP contribution >= 0.6 is 0 Å². The molecule has 0 bridgehead atoms. The molecule has 0 saturated carbocycles. The summed E-state index contributed by atoms with van der Waals surface area (Å²) >= 11 is 0. The molecule has 10 heteroatoms. The number of amides is 2. The number of hydrogen-bond donors (Lipinski definition) is 2. The Labute approximate surface area is 180 Å². The van der Waals surface area contributed by atoms with Crippen LogP contribution in [0.25, 0.3) is 10.8 Å². The number of nitrogens with two attached hydrogens (primary N) is 1. The van der Waals surface area contributed by atoms with Gasteiger partial charge in [-0.1, -0.05) is 25.6 Å². The number of nitrogens with one attached hydrogen (secondary N) is 1. The van der Waals surface area contributed by atoms with Gasteiger partial charge >= 0.3 is 6.18 Å². The molecule has 0 radical (unpaired) electrons. The molecule has 0 unspecified atom stereocenters. The van der Waals surface area contributed by atoms with Gasteiger partial charge in [-0.05, 0) is 36.8 Å². The quantitative estimate of drug-likeness (QED) is 0.574. The van der Waals surface area contributed by atoms with Gasteiger partial charge in [0.05, 0.1) is 12.0 Å². The summed E-state index contributed by atoms with van der Waals surface area (Å²) in [7, 11) is 0. The second-order valence-electron chi connectivity index (χ2n) is 6.87. The van der Waals surface area contributed by atoms with Crippen LogP contribution in [-0.4, -0.2) is 16.4 Å². The Balaban J connectivity index is 0.00000363. The summed E-state index contributed by atoms with van der Waals surface area (Å²) in [5.41, 5.74) is 3.08. The summed E-state index contributed by atoms with van der Waals surface area (Å²) in [6, 6.07) is 7.79. The highest BCUT2D eigenvalue weighted by molar-refractivity contribution is 6.02. The van der Waals surface area contributed by atoms with E-state index in [1.807, 2.05) is 0 Å². The molecule has 32 heavy (non-hydrogen) atoms. The molecule has 0 spiro atoms. The van der Waals surface area contributed by atoms with Crippen molar-refractivity contribution < 1.29 is 27.2 Å². The lowest BCUT2D eigenvalue weighted by molar-refractivity contribution is -0.140. The fourth-order valence-electron chi connectivity index (χ4n) is 3.15. The lowest BCUT2D eigenvalue weighted by Gasteiger charge is -2.14. The monoisotopic (exact) mass is 451 g/mol. The second kappa shape index (κ2) is 9.21. The van der Waals surface area contributed by atoms with E-state index in [0.29, 0.717) is 11.5 Å². The van der Waals surface area contributed by atoms with Crippen LogP contribution in [0.4, 0.5) is 23.2 Å². The smallest absolute Gasteiger partial charge is 0.368 e. The maximum atomic E-state index is 14.2. The highest BCUT2D eigenvalue weighted by Gasteiger charge is 2.35. The third-order valence-electron chi connectivity index (χ3n) is 4.81. The van der Waals surface area contributed by atoms with Gasteiger partial charge < -0.3 is 15.6 Å². The van der Waals surface area contributed by atoms with E-state index < -0.39 is 53.0 Å². The van der Waals surface area contributed by atoms with E-state index in [0.717, 1.165) is 16.7 Å². The van der Waals surface area contributed by atoms with Crippen molar-refractivity contribution in [2.45, 2.75) is 33.0 Å². The van der Waals surface area contributed by atoms with Crippen molar-refractivity contribution in [1.29, 1.82) is 0 Å². The Morgan fingerprint density at radius 1 is 1.09 bits per heavy atom. The fraction of sp³-hybridized carbons (Fsp3) is 0.227. The number of carbonyl (C=O) groups is 2. The molecule has 1 heterocycles. The van der Waals surface area contributed by atoms with Crippen LogP contribution in [0.2, 0.25) is 0 Å². The maximum absolute atomic E-state index is 14.2. The molecule has 0 fully saturated rings. The summed E-state index contributed by atoms with van der Waals surface area (Å²) in [5, 5.41) is 3.03. The number of aromatic nitrogens is 1. The third kappa shape index (κ3) is 4.79. The molecule has 1 aromatic heterocycles. The van der Waals surface area contributed by atoms with Gasteiger partial charge in [-0.15, -0.1) is 0 Å². The predicted octanol–water partition coefficient (Wildman–Crippen LogP) is 4.02. The van der Waals surface area contributed by atoms with E-state index in [-0.39, 0.29) is 18.5 Å². The van der Waals surface area contributed by atoms with E-state index in [1.54, 1.807) is 0 Å². The summed E-state index contributed by atoms with van der Waals surface area (Å²) in [6.07, 6.45) is -4.17. The lowest BCUT2D eigenvalue weighted by atomic mass is 10.1. The molecule has 3 N–H and O–H groups in total. The molecule has 3 rings (SSSR count). The van der Waals surface area contributed by atoms with E-state index in [4.69, 9.17) is 5.73 Å². The number of fused-ring (bicyclic) bond motifs is 1. The van der Waals surface area contributed by atoms with E-state index >= 15 is 0 Å². The SMILES string of the molecule is C.C[C@@H](C(N)=O)n1ccc2c(NC(=O)Cc3cccc(C(F)(F)F)c3F)cccc2c1=O. The minimum Gasteiger partial charge on any atom is -0.368 e. The third-order valence-corrected chi connectivity index (χ3v) is 4.81. The van der Waals surface area contributed by atoms with Crippen molar-refractivity contribution in [2.75, 3.05) is 5.32 Å². The number of benzene rings is 2. The number of anilines is 1. The average molecular weight is 451 g/mol. The Morgan fingerprint density at radius 3 is 2.38 bits per heavy atom. The minimum absolute atomic E-state index is 0. The normalized spacial score (nSPS) is 12.2. The number of alkyl halides is 3. The van der Waals surface area contributed by atoms with Gasteiger partial charge in [0.25, 0.3) is 5.56 Å². The second-order valence-corrected chi connectivity index (χ2v) is 6.87. The molecule has 0 saturated heterocycles. The van der Waals surface area contributed by atoms with E-state index in [9.17, 15) is 31.9 Å². The first kappa shape index (κ1) is 24.6. The summed E-state index contributed by atoms with van der Waals surface area (Å²) in [5.74, 6) is -2.97. The van der Waals surface area contributed by atoms with Crippen LogP contribution in [0.15, 0.2) is 53.5 Å². The van der Waals surface area contributed by atoms with Gasteiger partial charge in [0.15, 0.2) is 0 Å². The van der Waals surface area contributed by atoms with Crippen molar-refractivity contribution in [3.63, 3.8) is 0 Å². The van der Waals surface area contributed by atoms with Gasteiger partial charge in [0.2, 0.25) is 11.8 Å². The molecular formula is C22H21F4N3O3. The van der Waals surface area contributed by atoms with Gasteiger partial charge in [0.1, 0.15) is 11.9 Å². The van der Waals surface area contributed by atoms with Crippen molar-refractivity contribution in [2.24, 2.45) is 5.73 Å². The average Bonchev–Trinajstić information content (AvgIpc) is 2.69. The molecule has 0 aliphatic rings. The van der Waals surface area contributed by atoms with E-state index in [1.165, 1.54) is 37.4 Å². The molecule has 1 atom stereocenters. The zero-order valence-corrected chi connectivity index (χ0v) is 16.2. The Hall–Kier alpha value is -3.69. The van der Waals surface area contributed by atoms with Crippen LogP contribution in [-0.2, 0) is 22.2 Å². The standard InChI is InChI=1S/C21H17F4N3O3.CH4/c1-11(19(26)30)28-9-8-13-14(20(28)31)5-3-7-16(13)27-17(29)10-12-4-2-6-15(18(12)22)21(23,24)25;/h2-9,11H,10H2,1H3,(H2,26,30)(H,27,29);1H4/t11-;/m0./s1. The fourth-order valence-corrected chi connectivity index (χ4v) is 3.15. The molecular weight excluding hydrogens is 430 g/mol. The highest BCUT2D eigenvalue weighted by atomic mass is 19.4. The van der Waals surface area contributed by atoms with Crippen LogP contribution in [0, 0.1) is 5.82 Å². The van der Waals surface area contributed by atoms with E-state index in [2.05, 4.69) is 5.32 Å². The number of pyridine rings is 1. The van der Waals surface area contributed by atoms with Crippen LogP contribution in [0.3, 0.4) is 0 Å². The van der Waals surface area contributed by atoms with Crippen molar-refractivity contribution in [3.05, 3.63) is 76.0 Å². The van der Waals surface area contributed by atoms with Crippen LogP contribution < -0.4 is 16.6 Å². The lowest BCUT2D eigenvalue weighted by Crippen LogP contribution is -2.31. The Bertz CT molecular complexity index is 1240. The Morgan fingerprint density at radius 2 is 1.75 bits per heavy atom. The van der Waals surface area contributed by atoms with Crippen molar-refractivity contribution >= 4 is 28.3 Å². The number of rotatable bonds is 5. The van der Waals surface area contributed by atoms with Gasteiger partial charge in [-0.3, -0.25) is 14.4 Å². The van der Waals surface area contributed by atoms with Gasteiger partial charge in [0, 0.05) is 22.7 Å². The maximum Gasteiger partial charge on any atom is 0.419 e. The minimum atomic E-state index is -4.88. The number of primary amides is 1. The molecule has 170 valence electrons. The summed E-state index contributed by atoms with van der Waals surface area (Å²) in [4.78, 5) is 36.4. The summed E-state index contributed by atoms with van der Waals surface area (Å²) in [6.45, 7) is 1.46. The Kier molecular flexibility index (Phi) is 7.07. The van der Waals surface area contributed by atoms with Crippen LogP contribution in [0.1, 0.15) is 31.5 Å². The first-order valence-electron chi connectivity index (χ1n) is 9.08. The molecule has 3 aromatic rings. The van der Waals surface area contributed by atoms with Crippen molar-refractivity contribution in [3.8, 4) is 0 Å². The van der Waals surface area contributed by atoms with Gasteiger partial charge in [-0.2, -0.15) is 13.2 Å². The number of nitrogens with zero attached hydrogens (tertiary/aromatic N) is 1. The van der Waals surface area contributed by atoms with Crippen LogP contribution in [0.5, 0.6) is 0 Å². The topological polar surface area (TPSA) is 94.2 Å². The molecule has 6 nitrogen and oxygen atoms in total. The number of hydrogen-bond acceptors (Lipinski definition) is 3. The molecule has 0 aliphatic heterocycles. The predicted molar refractivity (Wildman–Crippen MR) is 113 cm³/mol. The zero-order chi connectivity index (χ0) is 22.9. The molecule has 2 aromatic carbocycles. The number of carbonyl (C=O) groups excluding carboxylic acids is 2. The molecule has 0 aliphatic carbocycles. The van der Waals surface area contributed by atoms with Crippen molar-refractivity contribution in [1.82, 2.24) is 4.57 Å². The summed E-state index contributed by atoms with van der Waals surface area (Å²) < 4.78 is 53.9. The number of halogens is 4. The first-order chi connectivity index (χ1) is 14.5. The largest absolute Gasteiger partial charge is 0.419 e. The van der Waals surface area contributed by atoms with Gasteiger partial charge in [-0.25, -0.2) is 4.39 Å². The zero-order valence-electron chi connectivity index (χ0n) is 16.2. The molecule has 2 amide bonds. The highest BCUT2D eigenvalue weighted by Crippen LogP contribution is 2.32.